The van der Waals surface area contributed by atoms with E-state index in [1.807, 2.05) is 23.1 Å². The van der Waals surface area contributed by atoms with Crippen LogP contribution in [0.15, 0.2) is 46.1 Å². The quantitative estimate of drug-likeness (QED) is 0.917. The van der Waals surface area contributed by atoms with Crippen LogP contribution in [0.25, 0.3) is 0 Å². The Bertz CT molecular complexity index is 885. The van der Waals surface area contributed by atoms with Gasteiger partial charge in [0.25, 0.3) is 5.56 Å². The molecule has 6 nitrogen and oxygen atoms in total. The molecule has 2 aromatic rings. The molecule has 25 heavy (non-hydrogen) atoms. The summed E-state index contributed by atoms with van der Waals surface area (Å²) in [5.74, 6) is -0.101. The Kier molecular flexibility index (Phi) is 4.61. The van der Waals surface area contributed by atoms with Gasteiger partial charge >= 0.3 is 5.69 Å². The number of nitrogens with zero attached hydrogens (tertiary/aromatic N) is 2. The second kappa shape index (κ2) is 6.70. The molecule has 1 aliphatic heterocycles. The van der Waals surface area contributed by atoms with Crippen molar-refractivity contribution >= 4 is 5.91 Å². The van der Waals surface area contributed by atoms with Gasteiger partial charge in [0.1, 0.15) is 6.54 Å². The van der Waals surface area contributed by atoms with E-state index in [9.17, 15) is 14.4 Å². The minimum absolute atomic E-state index is 0.0542. The van der Waals surface area contributed by atoms with Gasteiger partial charge in [-0.2, -0.15) is 0 Å². The predicted octanol–water partition coefficient (Wildman–Crippen LogP) is 1.43. The molecule has 2 heterocycles. The maximum atomic E-state index is 12.7. The van der Waals surface area contributed by atoms with E-state index in [0.29, 0.717) is 18.7 Å². The van der Waals surface area contributed by atoms with Crippen molar-refractivity contribution in [3.63, 3.8) is 0 Å². The Labute approximate surface area is 146 Å². The number of nitrogens with one attached hydrogen (secondary N) is 1. The Balaban J connectivity index is 1.78. The molecule has 1 aromatic carbocycles. The number of piperidine rings is 1. The number of carbonyl (C=O) groups excluding carboxylic acids is 1. The van der Waals surface area contributed by atoms with Gasteiger partial charge in [-0.15, -0.1) is 0 Å². The first-order valence-electron chi connectivity index (χ1n) is 8.53. The van der Waals surface area contributed by atoms with Crippen molar-refractivity contribution in [2.24, 2.45) is 0 Å². The van der Waals surface area contributed by atoms with Crippen molar-refractivity contribution in [2.75, 3.05) is 13.1 Å². The van der Waals surface area contributed by atoms with Crippen LogP contribution in [0.3, 0.4) is 0 Å². The molecule has 0 bridgehead atoms. The van der Waals surface area contributed by atoms with Gasteiger partial charge in [-0.3, -0.25) is 19.1 Å². The van der Waals surface area contributed by atoms with Crippen molar-refractivity contribution in [3.8, 4) is 0 Å². The Morgan fingerprint density at radius 2 is 1.96 bits per heavy atom. The van der Waals surface area contributed by atoms with Crippen molar-refractivity contribution in [3.05, 3.63) is 68.5 Å². The number of rotatable bonds is 3. The van der Waals surface area contributed by atoms with Crippen LogP contribution >= 0.6 is 0 Å². The molecule has 0 radical (unpaired) electrons. The van der Waals surface area contributed by atoms with Gasteiger partial charge in [0.05, 0.1) is 0 Å². The summed E-state index contributed by atoms with van der Waals surface area (Å²) in [7, 11) is 0. The van der Waals surface area contributed by atoms with E-state index in [2.05, 4.69) is 24.0 Å². The van der Waals surface area contributed by atoms with Gasteiger partial charge in [-0.25, -0.2) is 4.79 Å². The average molecular weight is 341 g/mol. The van der Waals surface area contributed by atoms with Gasteiger partial charge in [-0.1, -0.05) is 37.3 Å². The number of likely N-dealkylation sites (tertiary alicyclic amines) is 1. The van der Waals surface area contributed by atoms with E-state index in [-0.39, 0.29) is 17.9 Å². The second-order valence-electron chi connectivity index (χ2n) is 7.04. The van der Waals surface area contributed by atoms with Crippen LogP contribution in [0, 0.1) is 6.92 Å². The minimum atomic E-state index is -0.549. The molecular weight excluding hydrogens is 318 g/mol. The van der Waals surface area contributed by atoms with Crippen molar-refractivity contribution < 1.29 is 4.79 Å². The number of aryl methyl sites for hydroxylation is 1. The van der Waals surface area contributed by atoms with Crippen LogP contribution in [0.5, 0.6) is 0 Å². The Morgan fingerprint density at radius 1 is 1.24 bits per heavy atom. The molecule has 6 heteroatoms. The summed E-state index contributed by atoms with van der Waals surface area (Å²) >= 11 is 0. The van der Waals surface area contributed by atoms with Gasteiger partial charge in [0.15, 0.2) is 0 Å². The summed E-state index contributed by atoms with van der Waals surface area (Å²) in [6.07, 6.45) is 3.40. The number of amides is 1. The van der Waals surface area contributed by atoms with Gasteiger partial charge in [0.2, 0.25) is 5.91 Å². The summed E-state index contributed by atoms with van der Waals surface area (Å²) in [5, 5.41) is 0. The van der Waals surface area contributed by atoms with E-state index in [0.717, 1.165) is 12.8 Å². The van der Waals surface area contributed by atoms with E-state index >= 15 is 0 Å². The summed E-state index contributed by atoms with van der Waals surface area (Å²) in [6.45, 7) is 5.07. The van der Waals surface area contributed by atoms with Gasteiger partial charge in [-0.05, 0) is 25.3 Å². The largest absolute Gasteiger partial charge is 0.340 e. The summed E-state index contributed by atoms with van der Waals surface area (Å²) in [4.78, 5) is 40.1. The monoisotopic (exact) mass is 341 g/mol. The third kappa shape index (κ3) is 3.57. The highest BCUT2D eigenvalue weighted by Crippen LogP contribution is 2.33. The lowest BCUT2D eigenvalue weighted by Gasteiger charge is -2.41. The first kappa shape index (κ1) is 17.2. The molecule has 0 spiro atoms. The molecule has 1 aliphatic rings. The zero-order valence-corrected chi connectivity index (χ0v) is 14.6. The van der Waals surface area contributed by atoms with Gasteiger partial charge in [0, 0.05) is 30.3 Å². The zero-order chi connectivity index (χ0) is 18.0. The molecule has 0 aliphatic carbocycles. The predicted molar refractivity (Wildman–Crippen MR) is 95.7 cm³/mol. The molecule has 1 saturated heterocycles. The van der Waals surface area contributed by atoms with Crippen LogP contribution in [0.4, 0.5) is 0 Å². The maximum Gasteiger partial charge on any atom is 0.328 e. The first-order valence-corrected chi connectivity index (χ1v) is 8.53. The number of H-pyrrole nitrogens is 1. The first-order chi connectivity index (χ1) is 11.9. The summed E-state index contributed by atoms with van der Waals surface area (Å²) in [6, 6.07) is 10.2. The molecular formula is C19H23N3O3. The normalized spacial score (nSPS) is 20.5. The Morgan fingerprint density at radius 3 is 2.68 bits per heavy atom. The molecule has 1 amide bonds. The molecule has 1 N–H and O–H groups in total. The van der Waals surface area contributed by atoms with Crippen LogP contribution in [-0.4, -0.2) is 33.4 Å². The molecule has 1 fully saturated rings. The number of carbonyl (C=O) groups is 1. The van der Waals surface area contributed by atoms with E-state index < -0.39 is 11.2 Å². The second-order valence-corrected chi connectivity index (χ2v) is 7.04. The van der Waals surface area contributed by atoms with Crippen LogP contribution < -0.4 is 11.2 Å². The fraction of sp³-hybridized carbons (Fsp3) is 0.421. The molecule has 1 atom stereocenters. The third-order valence-corrected chi connectivity index (χ3v) is 5.01. The highest BCUT2D eigenvalue weighted by Gasteiger charge is 2.34. The maximum absolute atomic E-state index is 12.7. The molecule has 0 saturated carbocycles. The molecule has 1 unspecified atom stereocenters. The van der Waals surface area contributed by atoms with Crippen LogP contribution in [-0.2, 0) is 16.8 Å². The van der Waals surface area contributed by atoms with Crippen molar-refractivity contribution in [2.45, 2.75) is 38.6 Å². The number of aromatic nitrogens is 2. The van der Waals surface area contributed by atoms with Crippen molar-refractivity contribution in [1.82, 2.24) is 14.5 Å². The van der Waals surface area contributed by atoms with Gasteiger partial charge < -0.3 is 4.90 Å². The van der Waals surface area contributed by atoms with E-state index in [4.69, 9.17) is 0 Å². The fourth-order valence-corrected chi connectivity index (χ4v) is 3.51. The zero-order valence-electron chi connectivity index (χ0n) is 14.6. The number of hydrogen-bond acceptors (Lipinski definition) is 3. The molecule has 3 rings (SSSR count). The fourth-order valence-electron chi connectivity index (χ4n) is 3.51. The Hall–Kier alpha value is -2.63. The van der Waals surface area contributed by atoms with Crippen LogP contribution in [0.2, 0.25) is 0 Å². The van der Waals surface area contributed by atoms with Crippen LogP contribution in [0.1, 0.15) is 30.9 Å². The number of hydrogen-bond donors (Lipinski definition) is 1. The molecule has 1 aromatic heterocycles. The standard InChI is InChI=1S/C19H23N3O3/c1-14-11-22(18(25)20-17(14)24)12-16(23)21-10-6-9-19(2,13-21)15-7-4-3-5-8-15/h3-5,7-8,11H,6,9-10,12-13H2,1-2H3,(H,20,24,25). The van der Waals surface area contributed by atoms with Crippen molar-refractivity contribution in [1.29, 1.82) is 0 Å². The third-order valence-electron chi connectivity index (χ3n) is 5.01. The summed E-state index contributed by atoms with van der Waals surface area (Å²) in [5.41, 5.74) is 0.598. The highest BCUT2D eigenvalue weighted by molar-refractivity contribution is 5.76. The lowest BCUT2D eigenvalue weighted by atomic mass is 9.76. The minimum Gasteiger partial charge on any atom is -0.340 e. The summed E-state index contributed by atoms with van der Waals surface area (Å²) < 4.78 is 1.27. The SMILES string of the molecule is Cc1cn(CC(=O)N2CCCC(C)(c3ccccc3)C2)c(=O)[nH]c1=O. The number of benzene rings is 1. The van der Waals surface area contributed by atoms with E-state index in [1.165, 1.54) is 16.3 Å². The highest BCUT2D eigenvalue weighted by atomic mass is 16.2. The molecule has 132 valence electrons. The lowest BCUT2D eigenvalue weighted by molar-refractivity contribution is -0.134. The average Bonchev–Trinajstić information content (AvgIpc) is 2.60. The lowest BCUT2D eigenvalue weighted by Crippen LogP contribution is -2.48. The number of aromatic amines is 1. The smallest absolute Gasteiger partial charge is 0.328 e. The van der Waals surface area contributed by atoms with E-state index in [1.54, 1.807) is 6.92 Å². The topological polar surface area (TPSA) is 75.2 Å².